The fourth-order valence-corrected chi connectivity index (χ4v) is 2.67. The Morgan fingerprint density at radius 1 is 0.826 bits per heavy atom. The Balaban J connectivity index is 1.85. The predicted molar refractivity (Wildman–Crippen MR) is 88.1 cm³/mol. The van der Waals surface area contributed by atoms with Crippen molar-refractivity contribution >= 4 is 27.6 Å². The monoisotopic (exact) mass is 300 g/mol. The molecule has 2 aromatic heterocycles. The van der Waals surface area contributed by atoms with Crippen LogP contribution in [-0.4, -0.2) is 10.8 Å². The van der Waals surface area contributed by atoms with Gasteiger partial charge in [0.25, 0.3) is 11.5 Å². The van der Waals surface area contributed by atoms with Gasteiger partial charge >= 0.3 is 0 Å². The highest BCUT2D eigenvalue weighted by Gasteiger charge is 2.21. The third-order valence-corrected chi connectivity index (χ3v) is 3.86. The van der Waals surface area contributed by atoms with E-state index in [9.17, 15) is 10.0 Å². The molecule has 0 amide bonds. The number of hydrogen-bond acceptors (Lipinski definition) is 3. The van der Waals surface area contributed by atoms with E-state index in [1.54, 1.807) is 30.3 Å². The summed E-state index contributed by atoms with van der Waals surface area (Å²) in [5.41, 5.74) is 1.55. The zero-order valence-corrected chi connectivity index (χ0v) is 12.1. The Kier molecular flexibility index (Phi) is 3.01. The quantitative estimate of drug-likeness (QED) is 0.324. The number of hydrogen-bond donors (Lipinski definition) is 0. The van der Waals surface area contributed by atoms with Crippen LogP contribution in [0, 0.1) is 5.21 Å². The first kappa shape index (κ1) is 13.4. The van der Waals surface area contributed by atoms with Crippen LogP contribution in [0.2, 0.25) is 0 Å². The van der Waals surface area contributed by atoms with E-state index in [0.717, 1.165) is 16.3 Å². The van der Waals surface area contributed by atoms with Crippen LogP contribution in [0.4, 0.5) is 0 Å². The summed E-state index contributed by atoms with van der Waals surface area (Å²) in [6, 6.07) is 21.6. The number of para-hydroxylation sites is 2. The largest absolute Gasteiger partial charge is 0.618 e. The summed E-state index contributed by atoms with van der Waals surface area (Å²) in [5, 5.41) is 14.2. The molecule has 0 unspecified atom stereocenters. The highest BCUT2D eigenvalue weighted by atomic mass is 16.5. The minimum Gasteiger partial charge on any atom is -0.618 e. The lowest BCUT2D eigenvalue weighted by Crippen LogP contribution is -2.35. The van der Waals surface area contributed by atoms with Crippen LogP contribution in [0.5, 0.6) is 0 Å². The van der Waals surface area contributed by atoms with Gasteiger partial charge in [-0.1, -0.05) is 36.4 Å². The maximum atomic E-state index is 12.7. The molecule has 4 nitrogen and oxygen atoms in total. The van der Waals surface area contributed by atoms with Gasteiger partial charge in [-0.25, -0.2) is 4.98 Å². The smallest absolute Gasteiger partial charge is 0.276 e. The van der Waals surface area contributed by atoms with Gasteiger partial charge in [0.05, 0.1) is 5.52 Å². The van der Waals surface area contributed by atoms with Gasteiger partial charge in [-0.2, -0.15) is 4.73 Å². The van der Waals surface area contributed by atoms with Gasteiger partial charge in [0.2, 0.25) is 5.52 Å². The van der Waals surface area contributed by atoms with Gasteiger partial charge in [0, 0.05) is 22.9 Å². The number of carbonyl (C=O) groups is 1. The summed E-state index contributed by atoms with van der Waals surface area (Å²) in [4.78, 5) is 17.0. The van der Waals surface area contributed by atoms with Crippen molar-refractivity contribution in [3.63, 3.8) is 0 Å². The average Bonchev–Trinajstić information content (AvgIpc) is 2.61. The summed E-state index contributed by atoms with van der Waals surface area (Å²) >= 11 is 0. The fraction of sp³-hybridized carbons (Fsp3) is 0. The third kappa shape index (κ3) is 2.21. The summed E-state index contributed by atoms with van der Waals surface area (Å²) in [7, 11) is 0. The van der Waals surface area contributed by atoms with Gasteiger partial charge in [0.15, 0.2) is 0 Å². The second-order valence-corrected chi connectivity index (χ2v) is 5.29. The van der Waals surface area contributed by atoms with Crippen LogP contribution in [0.15, 0.2) is 72.8 Å². The van der Waals surface area contributed by atoms with Gasteiger partial charge < -0.3 is 5.21 Å². The number of rotatable bonds is 2. The van der Waals surface area contributed by atoms with Crippen LogP contribution in [0.25, 0.3) is 21.8 Å². The number of benzene rings is 2. The minimum absolute atomic E-state index is 0.0754. The van der Waals surface area contributed by atoms with Crippen molar-refractivity contribution in [2.45, 2.75) is 0 Å². The third-order valence-electron chi connectivity index (χ3n) is 3.86. The molecule has 0 saturated carbocycles. The normalized spacial score (nSPS) is 11.0. The second kappa shape index (κ2) is 5.18. The van der Waals surface area contributed by atoms with Crippen molar-refractivity contribution in [3.8, 4) is 0 Å². The molecule has 0 bridgehead atoms. The molecular formula is C19H12N2O2. The van der Waals surface area contributed by atoms with Gasteiger partial charge in [-0.05, 0) is 24.3 Å². The molecule has 4 rings (SSSR count). The molecule has 110 valence electrons. The SMILES string of the molecule is O=C(c1ccc2ccccc2n1)c1ccc2ccccc2[n+]1[O-]. The van der Waals surface area contributed by atoms with Crippen LogP contribution < -0.4 is 4.73 Å². The maximum Gasteiger partial charge on any atom is 0.276 e. The van der Waals surface area contributed by atoms with E-state index >= 15 is 0 Å². The number of ketones is 1. The van der Waals surface area contributed by atoms with Crippen LogP contribution in [0.1, 0.15) is 16.2 Å². The van der Waals surface area contributed by atoms with Crippen molar-refractivity contribution in [3.05, 3.63) is 89.4 Å². The van der Waals surface area contributed by atoms with Crippen LogP contribution in [0.3, 0.4) is 0 Å². The lowest BCUT2D eigenvalue weighted by molar-refractivity contribution is -0.579. The predicted octanol–water partition coefficient (Wildman–Crippen LogP) is 3.25. The standard InChI is InChI=1S/C19H12N2O2/c22-19(16-11-9-13-5-1-3-7-15(13)20-16)18-12-10-14-6-2-4-8-17(14)21(18)23/h1-12H. The summed E-state index contributed by atoms with van der Waals surface area (Å²) in [5.74, 6) is -0.378. The molecule has 0 fully saturated rings. The molecule has 0 spiro atoms. The molecule has 0 N–H and O–H groups in total. The van der Waals surface area contributed by atoms with Crippen molar-refractivity contribution < 1.29 is 9.52 Å². The molecule has 23 heavy (non-hydrogen) atoms. The number of aromatic nitrogens is 2. The Bertz CT molecular complexity index is 1060. The van der Waals surface area contributed by atoms with E-state index < -0.39 is 0 Å². The summed E-state index contributed by atoms with van der Waals surface area (Å²) in [6.07, 6.45) is 0. The Morgan fingerprint density at radius 3 is 2.39 bits per heavy atom. The topological polar surface area (TPSA) is 56.9 Å². The Labute approximate surface area is 132 Å². The molecule has 0 aliphatic rings. The van der Waals surface area contributed by atoms with Gasteiger partial charge in [0.1, 0.15) is 5.69 Å². The van der Waals surface area contributed by atoms with E-state index in [1.165, 1.54) is 0 Å². The minimum atomic E-state index is -0.378. The van der Waals surface area contributed by atoms with Crippen molar-refractivity contribution in [2.24, 2.45) is 0 Å². The van der Waals surface area contributed by atoms with E-state index in [4.69, 9.17) is 0 Å². The first-order valence-electron chi connectivity index (χ1n) is 7.26. The first-order chi connectivity index (χ1) is 11.2. The fourth-order valence-electron chi connectivity index (χ4n) is 2.67. The van der Waals surface area contributed by atoms with E-state index in [-0.39, 0.29) is 17.2 Å². The first-order valence-corrected chi connectivity index (χ1v) is 7.26. The molecular weight excluding hydrogens is 288 g/mol. The maximum absolute atomic E-state index is 12.7. The molecule has 0 aliphatic heterocycles. The van der Waals surface area contributed by atoms with Crippen molar-refractivity contribution in [1.29, 1.82) is 0 Å². The molecule has 0 radical (unpaired) electrons. The van der Waals surface area contributed by atoms with Crippen LogP contribution in [-0.2, 0) is 0 Å². The molecule has 2 aromatic carbocycles. The zero-order valence-electron chi connectivity index (χ0n) is 12.1. The Morgan fingerprint density at radius 2 is 1.52 bits per heavy atom. The molecule has 4 heteroatoms. The van der Waals surface area contributed by atoms with Crippen LogP contribution >= 0.6 is 0 Å². The molecule has 0 atom stereocenters. The number of fused-ring (bicyclic) bond motifs is 2. The van der Waals surface area contributed by atoms with E-state index in [2.05, 4.69) is 4.98 Å². The molecule has 0 saturated heterocycles. The molecule has 2 heterocycles. The van der Waals surface area contributed by atoms with Gasteiger partial charge in [-0.15, -0.1) is 0 Å². The Hall–Kier alpha value is -3.27. The van der Waals surface area contributed by atoms with E-state index in [0.29, 0.717) is 10.2 Å². The lowest BCUT2D eigenvalue weighted by atomic mass is 10.1. The average molecular weight is 300 g/mol. The number of nitrogens with zero attached hydrogens (tertiary/aromatic N) is 2. The van der Waals surface area contributed by atoms with Crippen molar-refractivity contribution in [1.82, 2.24) is 4.98 Å². The van der Waals surface area contributed by atoms with E-state index in [1.807, 2.05) is 42.5 Å². The molecule has 4 aromatic rings. The zero-order chi connectivity index (χ0) is 15.8. The second-order valence-electron chi connectivity index (χ2n) is 5.29. The number of carbonyl (C=O) groups excluding carboxylic acids is 1. The van der Waals surface area contributed by atoms with Crippen molar-refractivity contribution in [2.75, 3.05) is 0 Å². The number of pyridine rings is 2. The van der Waals surface area contributed by atoms with Gasteiger partial charge in [-0.3, -0.25) is 4.79 Å². The summed E-state index contributed by atoms with van der Waals surface area (Å²) in [6.45, 7) is 0. The highest BCUT2D eigenvalue weighted by Crippen LogP contribution is 2.15. The lowest BCUT2D eigenvalue weighted by Gasteiger charge is -2.07. The highest BCUT2D eigenvalue weighted by molar-refractivity contribution is 6.06. The molecule has 0 aliphatic carbocycles. The summed E-state index contributed by atoms with van der Waals surface area (Å²) < 4.78 is 0.675.